The fourth-order valence-electron chi connectivity index (χ4n) is 3.89. The summed E-state index contributed by atoms with van der Waals surface area (Å²) in [4.78, 5) is 2.81. The first kappa shape index (κ1) is 10.5. The molecule has 0 aromatic heterocycles. The summed E-state index contributed by atoms with van der Waals surface area (Å²) in [6, 6.07) is 1.75. The average Bonchev–Trinajstić information content (AvgIpc) is 2.58. The minimum absolute atomic E-state index is 0.370. The summed E-state index contributed by atoms with van der Waals surface area (Å²) in [5, 5.41) is 0. The van der Waals surface area contributed by atoms with Crippen molar-refractivity contribution in [3.63, 3.8) is 0 Å². The van der Waals surface area contributed by atoms with Crippen LogP contribution in [0.2, 0.25) is 0 Å². The molecule has 0 spiro atoms. The Morgan fingerprint density at radius 2 is 1.79 bits per heavy atom. The molecule has 1 saturated carbocycles. The summed E-state index contributed by atoms with van der Waals surface area (Å²) in [5.41, 5.74) is 0.370. The largest absolute Gasteiger partial charge is 0.292 e. The van der Waals surface area contributed by atoms with Gasteiger partial charge in [-0.25, -0.2) is 0 Å². The Hall–Kier alpha value is -0.0400. The van der Waals surface area contributed by atoms with E-state index in [0.29, 0.717) is 5.54 Å². The van der Waals surface area contributed by atoms with E-state index in [0.717, 1.165) is 23.9 Å². The first-order valence-corrected chi connectivity index (χ1v) is 6.19. The highest BCUT2D eigenvalue weighted by Crippen LogP contribution is 2.48. The lowest BCUT2D eigenvalue weighted by Gasteiger charge is -2.46. The molecule has 1 heterocycles. The molecule has 1 aliphatic heterocycles. The summed E-state index contributed by atoms with van der Waals surface area (Å²) < 4.78 is 0. The third-order valence-electron chi connectivity index (χ3n) is 4.10. The Balaban J connectivity index is 2.22. The van der Waals surface area contributed by atoms with E-state index in [-0.39, 0.29) is 0 Å². The van der Waals surface area contributed by atoms with E-state index in [1.54, 1.807) is 0 Å². The van der Waals surface area contributed by atoms with Gasteiger partial charge in [0.2, 0.25) is 0 Å². The molecule has 0 aromatic carbocycles. The highest BCUT2D eigenvalue weighted by atomic mass is 15.3. The van der Waals surface area contributed by atoms with Crippen molar-refractivity contribution >= 4 is 0 Å². The van der Waals surface area contributed by atoms with Gasteiger partial charge in [0, 0.05) is 17.6 Å². The molecule has 0 aromatic rings. The lowest BCUT2D eigenvalue weighted by Crippen LogP contribution is -2.53. The quantitative estimate of drug-likeness (QED) is 0.620. The zero-order chi connectivity index (χ0) is 10.5. The van der Waals surface area contributed by atoms with Crippen LogP contribution in [0.15, 0.2) is 0 Å². The maximum absolute atomic E-state index is 2.81. The topological polar surface area (TPSA) is 3.24 Å². The van der Waals surface area contributed by atoms with Crippen LogP contribution >= 0.6 is 0 Å². The van der Waals surface area contributed by atoms with E-state index in [1.165, 1.54) is 19.3 Å². The minimum Gasteiger partial charge on any atom is -0.292 e. The Kier molecular flexibility index (Phi) is 2.42. The fourth-order valence-corrected chi connectivity index (χ4v) is 3.89. The Morgan fingerprint density at radius 3 is 2.21 bits per heavy atom. The van der Waals surface area contributed by atoms with Crippen molar-refractivity contribution in [1.29, 1.82) is 0 Å². The van der Waals surface area contributed by atoms with Crippen LogP contribution in [0.3, 0.4) is 0 Å². The van der Waals surface area contributed by atoms with Crippen molar-refractivity contribution in [2.45, 2.75) is 71.5 Å². The van der Waals surface area contributed by atoms with Gasteiger partial charge in [0.05, 0.1) is 0 Å². The molecule has 1 saturated heterocycles. The summed E-state index contributed by atoms with van der Waals surface area (Å²) >= 11 is 0. The second-order valence-electron chi connectivity index (χ2n) is 6.54. The van der Waals surface area contributed by atoms with Crippen molar-refractivity contribution in [2.24, 2.45) is 11.8 Å². The number of nitrogens with zero attached hydrogens (tertiary/aromatic N) is 1. The molecule has 0 N–H and O–H groups in total. The molecule has 1 nitrogen and oxygen atoms in total. The van der Waals surface area contributed by atoms with Crippen LogP contribution in [0, 0.1) is 11.8 Å². The van der Waals surface area contributed by atoms with Gasteiger partial charge in [-0.2, -0.15) is 0 Å². The molecule has 82 valence electrons. The second-order valence-corrected chi connectivity index (χ2v) is 6.54. The SMILES string of the molecule is CC(C)C1C2CCC(C2)N1C(C)(C)C. The van der Waals surface area contributed by atoms with Gasteiger partial charge >= 0.3 is 0 Å². The van der Waals surface area contributed by atoms with Crippen LogP contribution in [0.5, 0.6) is 0 Å². The molecule has 2 bridgehead atoms. The van der Waals surface area contributed by atoms with Crippen LogP contribution in [0.1, 0.15) is 53.9 Å². The van der Waals surface area contributed by atoms with Gasteiger partial charge in [0.1, 0.15) is 0 Å². The smallest absolute Gasteiger partial charge is 0.0155 e. The lowest BCUT2D eigenvalue weighted by atomic mass is 9.87. The molecule has 2 aliphatic rings. The Bertz CT molecular complexity index is 214. The van der Waals surface area contributed by atoms with Crippen LogP contribution in [-0.4, -0.2) is 22.5 Å². The minimum atomic E-state index is 0.370. The molecule has 2 rings (SSSR count). The van der Waals surface area contributed by atoms with E-state index in [2.05, 4.69) is 39.5 Å². The fraction of sp³-hybridized carbons (Fsp3) is 1.00. The number of piperidine rings is 1. The Morgan fingerprint density at radius 1 is 1.14 bits per heavy atom. The number of rotatable bonds is 1. The van der Waals surface area contributed by atoms with Crippen molar-refractivity contribution in [2.75, 3.05) is 0 Å². The number of likely N-dealkylation sites (tertiary alicyclic amines) is 1. The van der Waals surface area contributed by atoms with Crippen LogP contribution < -0.4 is 0 Å². The van der Waals surface area contributed by atoms with E-state index >= 15 is 0 Å². The van der Waals surface area contributed by atoms with Gasteiger partial charge in [0.15, 0.2) is 0 Å². The van der Waals surface area contributed by atoms with Gasteiger partial charge in [-0.15, -0.1) is 0 Å². The number of hydrogen-bond donors (Lipinski definition) is 0. The monoisotopic (exact) mass is 195 g/mol. The van der Waals surface area contributed by atoms with Crippen molar-refractivity contribution < 1.29 is 0 Å². The van der Waals surface area contributed by atoms with Crippen LogP contribution in [-0.2, 0) is 0 Å². The molecular formula is C13H25N. The predicted octanol–water partition coefficient (Wildman–Crippen LogP) is 3.29. The lowest BCUT2D eigenvalue weighted by molar-refractivity contribution is 0.0209. The van der Waals surface area contributed by atoms with Gasteiger partial charge in [0.25, 0.3) is 0 Å². The molecular weight excluding hydrogens is 170 g/mol. The highest BCUT2D eigenvalue weighted by molar-refractivity contribution is 5.04. The normalized spacial score (nSPS) is 38.6. The van der Waals surface area contributed by atoms with Gasteiger partial charge < -0.3 is 0 Å². The third kappa shape index (κ3) is 1.50. The predicted molar refractivity (Wildman–Crippen MR) is 61.3 cm³/mol. The van der Waals surface area contributed by atoms with E-state index in [9.17, 15) is 0 Å². The Labute approximate surface area is 88.9 Å². The molecule has 14 heavy (non-hydrogen) atoms. The van der Waals surface area contributed by atoms with Gasteiger partial charge in [-0.1, -0.05) is 13.8 Å². The zero-order valence-electron chi connectivity index (χ0n) is 10.4. The standard InChI is InChI=1S/C13H25N/c1-9(2)12-10-6-7-11(8-10)14(12)13(3,4)5/h9-12H,6-8H2,1-5H3. The molecule has 3 atom stereocenters. The zero-order valence-corrected chi connectivity index (χ0v) is 10.4. The first-order chi connectivity index (χ1) is 6.41. The molecule has 0 radical (unpaired) electrons. The van der Waals surface area contributed by atoms with E-state index < -0.39 is 0 Å². The molecule has 2 fully saturated rings. The number of fused-ring (bicyclic) bond motifs is 2. The van der Waals surface area contributed by atoms with Gasteiger partial charge in [-0.05, 0) is 51.9 Å². The van der Waals surface area contributed by atoms with E-state index in [1.807, 2.05) is 0 Å². The summed E-state index contributed by atoms with van der Waals surface area (Å²) in [5.74, 6) is 1.82. The van der Waals surface area contributed by atoms with Crippen molar-refractivity contribution in [1.82, 2.24) is 4.90 Å². The number of hydrogen-bond acceptors (Lipinski definition) is 1. The van der Waals surface area contributed by atoms with Gasteiger partial charge in [-0.3, -0.25) is 4.90 Å². The maximum atomic E-state index is 2.81. The summed E-state index contributed by atoms with van der Waals surface area (Å²) in [6.45, 7) is 11.9. The average molecular weight is 195 g/mol. The van der Waals surface area contributed by atoms with Crippen LogP contribution in [0.4, 0.5) is 0 Å². The molecule has 1 heteroatoms. The third-order valence-corrected chi connectivity index (χ3v) is 4.10. The molecule has 1 aliphatic carbocycles. The van der Waals surface area contributed by atoms with Crippen LogP contribution in [0.25, 0.3) is 0 Å². The van der Waals surface area contributed by atoms with E-state index in [4.69, 9.17) is 0 Å². The summed E-state index contributed by atoms with van der Waals surface area (Å²) in [7, 11) is 0. The second kappa shape index (κ2) is 3.23. The van der Waals surface area contributed by atoms with Crippen molar-refractivity contribution in [3.05, 3.63) is 0 Å². The highest BCUT2D eigenvalue weighted by Gasteiger charge is 2.50. The molecule has 0 amide bonds. The first-order valence-electron chi connectivity index (χ1n) is 6.19. The summed E-state index contributed by atoms with van der Waals surface area (Å²) in [6.07, 6.45) is 4.41. The van der Waals surface area contributed by atoms with Crippen molar-refractivity contribution in [3.8, 4) is 0 Å². The maximum Gasteiger partial charge on any atom is 0.0155 e. The molecule has 3 unspecified atom stereocenters.